The monoisotopic (exact) mass is 494 g/mol. The van der Waals surface area contributed by atoms with Gasteiger partial charge in [-0.3, -0.25) is 0 Å². The molecule has 172 valence electrons. The molecule has 0 saturated carbocycles. The van der Waals surface area contributed by atoms with Gasteiger partial charge in [0.1, 0.15) is 0 Å². The number of rotatable bonds is 7. The second-order valence-electron chi connectivity index (χ2n) is 10.5. The van der Waals surface area contributed by atoms with Crippen molar-refractivity contribution in [3.63, 3.8) is 0 Å². The Morgan fingerprint density at radius 2 is 1.06 bits per heavy atom. The molecule has 4 rings (SSSR count). The Hall–Kier alpha value is -0.00571. The van der Waals surface area contributed by atoms with Crippen LogP contribution >= 0.6 is 18.6 Å². The summed E-state index contributed by atoms with van der Waals surface area (Å²) in [4.78, 5) is 0. The maximum absolute atomic E-state index is 4.89. The Morgan fingerprint density at radius 1 is 0.710 bits per heavy atom. The molecule has 31 heavy (non-hydrogen) atoms. The summed E-state index contributed by atoms with van der Waals surface area (Å²) in [6, 6.07) is 5.22. The van der Waals surface area contributed by atoms with Crippen LogP contribution in [0.5, 0.6) is 0 Å². The number of hydrogen-bond acceptors (Lipinski definition) is 0. The second-order valence-corrected chi connectivity index (χ2v) is 13.1. The van der Waals surface area contributed by atoms with Gasteiger partial charge in [0.25, 0.3) is 0 Å². The summed E-state index contributed by atoms with van der Waals surface area (Å²) >= 11 is -0.556. The van der Waals surface area contributed by atoms with Crippen LogP contribution in [0, 0.1) is 11.8 Å². The molecule has 0 bridgehead atoms. The topological polar surface area (TPSA) is 0 Å². The molecule has 0 spiro atoms. The van der Waals surface area contributed by atoms with E-state index in [1.165, 1.54) is 77.0 Å². The first-order chi connectivity index (χ1) is 14.9. The SMILES string of the molecule is CC(C)Cc1c2c(c[c-]1CC[c-]1cc3c(c1CC(C)C)CCCC3)CCCC2.[Cl][Ti][Cl]. The van der Waals surface area contributed by atoms with Gasteiger partial charge in [-0.15, -0.1) is 0 Å². The van der Waals surface area contributed by atoms with Crippen molar-refractivity contribution in [1.82, 2.24) is 0 Å². The molecule has 0 atom stereocenters. The molecule has 2 aliphatic rings. The molecule has 2 aliphatic carbocycles. The quantitative estimate of drug-likeness (QED) is 0.267. The van der Waals surface area contributed by atoms with Gasteiger partial charge in [0, 0.05) is 0 Å². The normalized spacial score (nSPS) is 15.5. The average Bonchev–Trinajstić information content (AvgIpc) is 3.25. The molecule has 0 radical (unpaired) electrons. The van der Waals surface area contributed by atoms with Crippen LogP contribution in [0.3, 0.4) is 0 Å². The van der Waals surface area contributed by atoms with Crippen molar-refractivity contribution in [2.24, 2.45) is 11.8 Å². The van der Waals surface area contributed by atoms with E-state index in [4.69, 9.17) is 18.6 Å². The first kappa shape index (κ1) is 25.6. The van der Waals surface area contributed by atoms with Gasteiger partial charge in [-0.1, -0.05) is 91.9 Å². The van der Waals surface area contributed by atoms with Crippen molar-refractivity contribution in [2.45, 2.75) is 105 Å². The fourth-order valence-electron chi connectivity index (χ4n) is 5.89. The standard InChI is InChI=1S/C28H40.2ClH.Ti/c1-19(2)15-27-23(17-21-9-5-7-11-25(21)27)13-14-24-18-22-10-6-8-12-26(22)28(24)16-20(3)4;;;/h17-20H,5-16H2,1-4H3;2*1H;/q-2;;;+2/p-2. The molecule has 0 N–H and O–H groups in total. The van der Waals surface area contributed by atoms with E-state index in [2.05, 4.69) is 39.8 Å². The molecule has 0 amide bonds. The van der Waals surface area contributed by atoms with Gasteiger partial charge >= 0.3 is 35.6 Å². The van der Waals surface area contributed by atoms with Crippen LogP contribution in [0.4, 0.5) is 0 Å². The van der Waals surface area contributed by atoms with Gasteiger partial charge < -0.3 is 0 Å². The van der Waals surface area contributed by atoms with E-state index in [1.54, 1.807) is 44.5 Å². The summed E-state index contributed by atoms with van der Waals surface area (Å²) in [5, 5.41) is 0. The van der Waals surface area contributed by atoms with E-state index in [0.717, 1.165) is 11.8 Å². The number of hydrogen-bond donors (Lipinski definition) is 0. The van der Waals surface area contributed by atoms with Crippen LogP contribution in [0.1, 0.15) is 97.9 Å². The zero-order valence-electron chi connectivity index (χ0n) is 20.1. The van der Waals surface area contributed by atoms with Crippen LogP contribution in [-0.4, -0.2) is 0 Å². The minimum atomic E-state index is -0.556. The second kappa shape index (κ2) is 12.5. The number of halogens is 2. The molecule has 0 aliphatic heterocycles. The first-order valence-electron chi connectivity index (χ1n) is 12.5. The molecular weight excluding hydrogens is 455 g/mol. The predicted molar refractivity (Wildman–Crippen MR) is 134 cm³/mol. The Kier molecular flexibility index (Phi) is 10.3. The summed E-state index contributed by atoms with van der Waals surface area (Å²) in [6.45, 7) is 9.55. The molecule has 2 aromatic carbocycles. The van der Waals surface area contributed by atoms with Crippen LogP contribution in [-0.2, 0) is 68.4 Å². The third-order valence-corrected chi connectivity index (χ3v) is 7.11. The first-order valence-corrected chi connectivity index (χ1v) is 16.8. The van der Waals surface area contributed by atoms with Gasteiger partial charge in [-0.25, -0.2) is 0 Å². The fraction of sp³-hybridized carbons (Fsp3) is 0.643. The zero-order valence-corrected chi connectivity index (χ0v) is 23.1. The maximum atomic E-state index is 4.89. The van der Waals surface area contributed by atoms with Gasteiger partial charge in [-0.05, 0) is 24.7 Å². The predicted octanol–water partition coefficient (Wildman–Crippen LogP) is 8.44. The summed E-state index contributed by atoms with van der Waals surface area (Å²) in [5.74, 6) is 1.52. The van der Waals surface area contributed by atoms with E-state index in [9.17, 15) is 0 Å². The molecule has 0 fully saturated rings. The molecule has 3 heteroatoms. The van der Waals surface area contributed by atoms with Crippen molar-refractivity contribution < 1.29 is 17.0 Å². The van der Waals surface area contributed by atoms with Crippen molar-refractivity contribution >= 4 is 18.6 Å². The van der Waals surface area contributed by atoms with E-state index in [-0.39, 0.29) is 0 Å². The third kappa shape index (κ3) is 6.75. The summed E-state index contributed by atoms with van der Waals surface area (Å²) in [7, 11) is 9.78. The fourth-order valence-corrected chi connectivity index (χ4v) is 5.89. The Labute approximate surface area is 207 Å². The molecule has 0 heterocycles. The zero-order chi connectivity index (χ0) is 22.4. The van der Waals surface area contributed by atoms with Gasteiger partial charge in [0.15, 0.2) is 0 Å². The molecule has 0 nitrogen and oxygen atoms in total. The third-order valence-electron chi connectivity index (χ3n) is 7.11. The van der Waals surface area contributed by atoms with Crippen molar-refractivity contribution in [3.8, 4) is 0 Å². The van der Waals surface area contributed by atoms with Gasteiger partial charge in [-0.2, -0.15) is 56.6 Å². The average molecular weight is 495 g/mol. The Bertz CT molecular complexity index is 756. The van der Waals surface area contributed by atoms with Gasteiger partial charge in [0.05, 0.1) is 0 Å². The summed E-state index contributed by atoms with van der Waals surface area (Å²) in [5.41, 5.74) is 13.8. The number of aryl methyl sites for hydroxylation is 4. The Morgan fingerprint density at radius 3 is 1.42 bits per heavy atom. The number of fused-ring (bicyclic) bond motifs is 2. The minimum absolute atomic E-state index is 0.556. The molecule has 0 saturated heterocycles. The van der Waals surface area contributed by atoms with Gasteiger partial charge in [0.2, 0.25) is 0 Å². The molecule has 0 unspecified atom stereocenters. The van der Waals surface area contributed by atoms with Crippen LogP contribution in [0.25, 0.3) is 0 Å². The van der Waals surface area contributed by atoms with Crippen molar-refractivity contribution in [1.29, 1.82) is 0 Å². The van der Waals surface area contributed by atoms with E-state index < -0.39 is 17.0 Å². The van der Waals surface area contributed by atoms with Crippen molar-refractivity contribution in [3.05, 3.63) is 56.6 Å². The van der Waals surface area contributed by atoms with Crippen LogP contribution in [0.2, 0.25) is 0 Å². The van der Waals surface area contributed by atoms with E-state index >= 15 is 0 Å². The van der Waals surface area contributed by atoms with Crippen LogP contribution in [0.15, 0.2) is 12.1 Å². The van der Waals surface area contributed by atoms with Crippen LogP contribution < -0.4 is 0 Å². The summed E-state index contributed by atoms with van der Waals surface area (Å²) < 4.78 is 0. The molecular formula is C28H40Cl2Ti-2. The molecule has 2 aromatic rings. The summed E-state index contributed by atoms with van der Waals surface area (Å²) in [6.07, 6.45) is 16.0. The molecule has 0 aromatic heterocycles. The van der Waals surface area contributed by atoms with Crippen molar-refractivity contribution in [2.75, 3.05) is 0 Å². The van der Waals surface area contributed by atoms with E-state index in [0.29, 0.717) is 0 Å². The Balaban J connectivity index is 0.000000858. The van der Waals surface area contributed by atoms with E-state index in [1.807, 2.05) is 0 Å².